The van der Waals surface area contributed by atoms with Crippen molar-refractivity contribution in [3.8, 4) is 0 Å². The maximum absolute atomic E-state index is 7.73. The lowest BCUT2D eigenvalue weighted by Crippen LogP contribution is -1.74. The Balaban J connectivity index is 2.83. The molecule has 0 unspecified atom stereocenters. The summed E-state index contributed by atoms with van der Waals surface area (Å²) in [5.74, 6) is 0. The van der Waals surface area contributed by atoms with Gasteiger partial charge in [-0.3, -0.25) is 0 Å². The number of rotatable bonds is 3. The Labute approximate surface area is 43.0 Å². The summed E-state index contributed by atoms with van der Waals surface area (Å²) in [6, 6.07) is 0. The quantitative estimate of drug-likeness (QED) is 0.224. The summed E-state index contributed by atoms with van der Waals surface area (Å²) in [6.45, 7) is 2.53. The second-order valence-electron chi connectivity index (χ2n) is 1.11. The molecule has 0 saturated carbocycles. The number of hydrogen-bond acceptors (Lipinski definition) is 1. The van der Waals surface area contributed by atoms with E-state index in [1.54, 1.807) is 0 Å². The normalized spacial score (nSPS) is 7.57. The fourth-order valence-corrected chi connectivity index (χ4v) is 0.223. The molecule has 1 radical (unpaired) electrons. The van der Waals surface area contributed by atoms with Crippen LogP contribution in [0.3, 0.4) is 0 Å². The first-order valence-corrected chi connectivity index (χ1v) is 2.24. The van der Waals surface area contributed by atoms with Gasteiger partial charge in [0.25, 0.3) is 0 Å². The van der Waals surface area contributed by atoms with Crippen LogP contribution in [0, 0.1) is 6.42 Å². The van der Waals surface area contributed by atoms with Crippen LogP contribution in [0.15, 0.2) is 5.11 Å². The lowest BCUT2D eigenvalue weighted by atomic mass is 10.3. The molecule has 0 aromatic heterocycles. The van der Waals surface area contributed by atoms with Crippen molar-refractivity contribution in [3.05, 3.63) is 16.9 Å². The molecule has 3 heteroatoms. The third kappa shape index (κ3) is 5.31. The minimum absolute atomic E-state index is 0.521. The molecule has 0 bridgehead atoms. The standard InChI is InChI=1S/C4H8N3/c1-2-3-4-6-7-5/h3H,2,4H2,1H3. The molecule has 0 saturated heterocycles. The zero-order valence-corrected chi connectivity index (χ0v) is 4.33. The van der Waals surface area contributed by atoms with Gasteiger partial charge in [0, 0.05) is 11.5 Å². The average Bonchev–Trinajstić information content (AvgIpc) is 1.69. The molecule has 0 N–H and O–H groups in total. The summed E-state index contributed by atoms with van der Waals surface area (Å²) in [6.07, 6.45) is 2.89. The third-order valence-corrected chi connectivity index (χ3v) is 0.563. The van der Waals surface area contributed by atoms with E-state index in [0.717, 1.165) is 6.42 Å². The van der Waals surface area contributed by atoms with Crippen molar-refractivity contribution < 1.29 is 0 Å². The van der Waals surface area contributed by atoms with E-state index in [0.29, 0.717) is 6.54 Å². The average molecular weight is 98.1 g/mol. The SMILES string of the molecule is CC[CH]CN=[N+]=[N-]. The highest BCUT2D eigenvalue weighted by molar-refractivity contribution is 4.64. The first kappa shape index (κ1) is 6.31. The van der Waals surface area contributed by atoms with Crippen LogP contribution in [0.1, 0.15) is 13.3 Å². The minimum Gasteiger partial charge on any atom is -0.0937 e. The lowest BCUT2D eigenvalue weighted by molar-refractivity contribution is 0.993. The fraction of sp³-hybridized carbons (Fsp3) is 0.750. The molecule has 7 heavy (non-hydrogen) atoms. The van der Waals surface area contributed by atoms with Crippen LogP contribution in [0.5, 0.6) is 0 Å². The van der Waals surface area contributed by atoms with Gasteiger partial charge in [0.05, 0.1) is 0 Å². The number of nitrogens with zero attached hydrogens (tertiary/aromatic N) is 3. The highest BCUT2D eigenvalue weighted by atomic mass is 15.1. The van der Waals surface area contributed by atoms with Crippen LogP contribution in [0.4, 0.5) is 0 Å². The molecule has 0 heterocycles. The van der Waals surface area contributed by atoms with Crippen LogP contribution >= 0.6 is 0 Å². The predicted octanol–water partition coefficient (Wildman–Crippen LogP) is 1.91. The molecule has 0 fully saturated rings. The van der Waals surface area contributed by atoms with Gasteiger partial charge >= 0.3 is 0 Å². The van der Waals surface area contributed by atoms with Crippen LogP contribution in [0.25, 0.3) is 10.4 Å². The van der Waals surface area contributed by atoms with Crippen LogP contribution in [-0.2, 0) is 0 Å². The van der Waals surface area contributed by atoms with E-state index < -0.39 is 0 Å². The van der Waals surface area contributed by atoms with Gasteiger partial charge in [-0.2, -0.15) is 0 Å². The molecule has 0 aliphatic heterocycles. The Hall–Kier alpha value is -0.690. The lowest BCUT2D eigenvalue weighted by Gasteiger charge is -1.80. The van der Waals surface area contributed by atoms with Crippen molar-refractivity contribution in [1.29, 1.82) is 0 Å². The van der Waals surface area contributed by atoms with Gasteiger partial charge in [-0.05, 0) is 12.0 Å². The Morgan fingerprint density at radius 1 is 1.86 bits per heavy atom. The van der Waals surface area contributed by atoms with Crippen molar-refractivity contribution in [2.24, 2.45) is 5.11 Å². The van der Waals surface area contributed by atoms with E-state index in [1.807, 2.05) is 13.3 Å². The highest BCUT2D eigenvalue weighted by Crippen LogP contribution is 1.83. The van der Waals surface area contributed by atoms with Crippen molar-refractivity contribution >= 4 is 0 Å². The summed E-state index contributed by atoms with van der Waals surface area (Å²) in [7, 11) is 0. The van der Waals surface area contributed by atoms with Crippen molar-refractivity contribution in [2.75, 3.05) is 6.54 Å². The molecule has 0 atom stereocenters. The number of unbranched alkanes of at least 4 members (excludes halogenated alkanes) is 1. The second-order valence-corrected chi connectivity index (χ2v) is 1.11. The van der Waals surface area contributed by atoms with E-state index >= 15 is 0 Å². The Kier molecular flexibility index (Phi) is 4.79. The van der Waals surface area contributed by atoms with Crippen molar-refractivity contribution in [2.45, 2.75) is 13.3 Å². The predicted molar refractivity (Wildman–Crippen MR) is 28.6 cm³/mol. The zero-order valence-electron chi connectivity index (χ0n) is 4.33. The topological polar surface area (TPSA) is 48.8 Å². The minimum atomic E-state index is 0.521. The maximum atomic E-state index is 7.73. The molecule has 0 spiro atoms. The van der Waals surface area contributed by atoms with E-state index in [2.05, 4.69) is 10.0 Å². The molecule has 3 nitrogen and oxygen atoms in total. The van der Waals surface area contributed by atoms with Crippen molar-refractivity contribution in [3.63, 3.8) is 0 Å². The van der Waals surface area contributed by atoms with Crippen LogP contribution in [0.2, 0.25) is 0 Å². The Morgan fingerprint density at radius 2 is 2.57 bits per heavy atom. The van der Waals surface area contributed by atoms with Gasteiger partial charge < -0.3 is 0 Å². The molecular formula is C4H8N3. The van der Waals surface area contributed by atoms with E-state index in [-0.39, 0.29) is 0 Å². The Morgan fingerprint density at radius 3 is 3.00 bits per heavy atom. The number of azide groups is 1. The van der Waals surface area contributed by atoms with Gasteiger partial charge in [0.2, 0.25) is 0 Å². The Bertz CT molecular complexity index is 73.0. The van der Waals surface area contributed by atoms with Gasteiger partial charge in [0.1, 0.15) is 0 Å². The van der Waals surface area contributed by atoms with E-state index in [4.69, 9.17) is 5.53 Å². The third-order valence-electron chi connectivity index (χ3n) is 0.563. The fourth-order valence-electron chi connectivity index (χ4n) is 0.223. The summed E-state index contributed by atoms with van der Waals surface area (Å²) in [5, 5.41) is 3.29. The summed E-state index contributed by atoms with van der Waals surface area (Å²) in [5.41, 5.74) is 7.73. The summed E-state index contributed by atoms with van der Waals surface area (Å²) in [4.78, 5) is 2.57. The first-order valence-electron chi connectivity index (χ1n) is 2.24. The second kappa shape index (κ2) is 5.31. The largest absolute Gasteiger partial charge is 0.0937 e. The molecular weight excluding hydrogens is 90.1 g/mol. The molecule has 0 aliphatic rings. The van der Waals surface area contributed by atoms with Gasteiger partial charge in [-0.1, -0.05) is 18.5 Å². The molecule has 0 amide bonds. The zero-order chi connectivity index (χ0) is 5.54. The van der Waals surface area contributed by atoms with Gasteiger partial charge in [-0.15, -0.1) is 0 Å². The van der Waals surface area contributed by atoms with Gasteiger partial charge in [-0.25, -0.2) is 0 Å². The summed E-state index contributed by atoms with van der Waals surface area (Å²) < 4.78 is 0. The van der Waals surface area contributed by atoms with Crippen LogP contribution < -0.4 is 0 Å². The molecule has 0 aromatic carbocycles. The highest BCUT2D eigenvalue weighted by Gasteiger charge is 1.74. The maximum Gasteiger partial charge on any atom is 0.0288 e. The van der Waals surface area contributed by atoms with Crippen LogP contribution in [-0.4, -0.2) is 6.54 Å². The molecule has 0 aliphatic carbocycles. The van der Waals surface area contributed by atoms with E-state index in [9.17, 15) is 0 Å². The molecule has 0 aromatic rings. The van der Waals surface area contributed by atoms with Gasteiger partial charge in [0.15, 0.2) is 0 Å². The van der Waals surface area contributed by atoms with Crippen molar-refractivity contribution in [1.82, 2.24) is 0 Å². The van der Waals surface area contributed by atoms with E-state index in [1.165, 1.54) is 0 Å². The number of hydrogen-bond donors (Lipinski definition) is 0. The molecule has 0 rings (SSSR count). The first-order chi connectivity index (χ1) is 3.41. The summed E-state index contributed by atoms with van der Waals surface area (Å²) >= 11 is 0. The monoisotopic (exact) mass is 98.1 g/mol. The smallest absolute Gasteiger partial charge is 0.0288 e. The molecule has 39 valence electrons.